The number of benzene rings is 2. The number of carbonyl (C=O) groups is 2. The second-order valence-electron chi connectivity index (χ2n) is 6.81. The summed E-state index contributed by atoms with van der Waals surface area (Å²) < 4.78 is 16.2. The van der Waals surface area contributed by atoms with E-state index in [0.29, 0.717) is 27.3 Å². The first kappa shape index (κ1) is 22.8. The van der Waals surface area contributed by atoms with Gasteiger partial charge in [-0.25, -0.2) is 4.79 Å². The van der Waals surface area contributed by atoms with Crippen molar-refractivity contribution in [2.75, 3.05) is 25.2 Å². The molecule has 0 unspecified atom stereocenters. The molecule has 1 saturated heterocycles. The Morgan fingerprint density at radius 3 is 2.61 bits per heavy atom. The second kappa shape index (κ2) is 9.98. The van der Waals surface area contributed by atoms with Crippen molar-refractivity contribution < 1.29 is 23.8 Å². The van der Waals surface area contributed by atoms with Crippen molar-refractivity contribution in [3.63, 3.8) is 0 Å². The molecule has 0 aromatic heterocycles. The molecule has 6 nitrogen and oxygen atoms in total. The number of thiocarbonyl (C=S) groups is 1. The van der Waals surface area contributed by atoms with E-state index >= 15 is 0 Å². The van der Waals surface area contributed by atoms with Crippen LogP contribution in [0.15, 0.2) is 41.3 Å². The van der Waals surface area contributed by atoms with Crippen molar-refractivity contribution >= 4 is 51.9 Å². The normalized spacial score (nSPS) is 14.8. The molecule has 1 aliphatic heterocycles. The number of thioether (sulfide) groups is 1. The molecule has 31 heavy (non-hydrogen) atoms. The van der Waals surface area contributed by atoms with Gasteiger partial charge in [-0.3, -0.25) is 9.69 Å². The Hall–Kier alpha value is -2.84. The lowest BCUT2D eigenvalue weighted by Crippen LogP contribution is -2.28. The van der Waals surface area contributed by atoms with Crippen molar-refractivity contribution in [2.45, 2.75) is 20.8 Å². The third-order valence-electron chi connectivity index (χ3n) is 4.52. The molecule has 1 aliphatic rings. The lowest BCUT2D eigenvalue weighted by atomic mass is 10.1. The number of carbonyl (C=O) groups excluding carboxylic acids is 2. The van der Waals surface area contributed by atoms with Crippen LogP contribution in [0.3, 0.4) is 0 Å². The first-order valence-corrected chi connectivity index (χ1v) is 10.9. The smallest absolute Gasteiger partial charge is 0.344 e. The van der Waals surface area contributed by atoms with E-state index in [1.807, 2.05) is 32.0 Å². The molecule has 162 valence electrons. The van der Waals surface area contributed by atoms with Crippen LogP contribution < -0.4 is 14.4 Å². The average molecular weight is 458 g/mol. The molecule has 3 rings (SSSR count). The fourth-order valence-electron chi connectivity index (χ4n) is 3.12. The third-order valence-corrected chi connectivity index (χ3v) is 5.83. The minimum absolute atomic E-state index is 0.163. The average Bonchev–Trinajstić information content (AvgIpc) is 3.00. The molecular weight excluding hydrogens is 434 g/mol. The maximum atomic E-state index is 13.1. The summed E-state index contributed by atoms with van der Waals surface area (Å²) in [4.78, 5) is 26.7. The summed E-state index contributed by atoms with van der Waals surface area (Å²) in [6.45, 7) is 5.78. The van der Waals surface area contributed by atoms with Crippen molar-refractivity contribution in [3.8, 4) is 11.5 Å². The van der Waals surface area contributed by atoms with E-state index in [1.165, 1.54) is 18.9 Å². The number of hydrogen-bond acceptors (Lipinski definition) is 7. The third kappa shape index (κ3) is 5.26. The van der Waals surface area contributed by atoms with E-state index < -0.39 is 5.97 Å². The summed E-state index contributed by atoms with van der Waals surface area (Å²) in [7, 11) is 1.51. The summed E-state index contributed by atoms with van der Waals surface area (Å²) >= 11 is 6.73. The summed E-state index contributed by atoms with van der Waals surface area (Å²) in [6, 6.07) is 11.1. The molecule has 1 amide bonds. The fourth-order valence-corrected chi connectivity index (χ4v) is 4.40. The van der Waals surface area contributed by atoms with Crippen LogP contribution in [0.5, 0.6) is 11.5 Å². The zero-order chi connectivity index (χ0) is 22.5. The monoisotopic (exact) mass is 457 g/mol. The Morgan fingerprint density at radius 2 is 1.94 bits per heavy atom. The zero-order valence-corrected chi connectivity index (χ0v) is 19.4. The highest BCUT2D eigenvalue weighted by atomic mass is 32.2. The van der Waals surface area contributed by atoms with Crippen molar-refractivity contribution in [1.29, 1.82) is 0 Å². The Morgan fingerprint density at radius 1 is 1.16 bits per heavy atom. The van der Waals surface area contributed by atoms with Crippen molar-refractivity contribution in [3.05, 3.63) is 58.0 Å². The molecule has 0 N–H and O–H groups in total. The predicted molar refractivity (Wildman–Crippen MR) is 127 cm³/mol. The van der Waals surface area contributed by atoms with E-state index in [4.69, 9.17) is 26.4 Å². The molecule has 0 radical (unpaired) electrons. The SMILES string of the molecule is CCOC(=O)COc1ccc(C=C2SC(=S)N(c3ccc(C)cc3C)C2=O)cc1OC. The highest BCUT2D eigenvalue weighted by Gasteiger charge is 2.34. The summed E-state index contributed by atoms with van der Waals surface area (Å²) in [5, 5.41) is 0. The van der Waals surface area contributed by atoms with Gasteiger partial charge in [-0.15, -0.1) is 0 Å². The number of rotatable bonds is 7. The van der Waals surface area contributed by atoms with E-state index in [2.05, 4.69) is 0 Å². The molecule has 8 heteroatoms. The number of ether oxygens (including phenoxy) is 3. The van der Waals surface area contributed by atoms with E-state index in [-0.39, 0.29) is 12.5 Å². The largest absolute Gasteiger partial charge is 0.493 e. The molecule has 0 bridgehead atoms. The molecular formula is C23H23NO5S2. The van der Waals surface area contributed by atoms with Crippen LogP contribution in [-0.2, 0) is 14.3 Å². The fraction of sp³-hybridized carbons (Fsp3) is 0.261. The van der Waals surface area contributed by atoms with E-state index in [9.17, 15) is 9.59 Å². The number of aryl methyl sites for hydroxylation is 2. The van der Waals surface area contributed by atoms with Gasteiger partial charge in [-0.2, -0.15) is 0 Å². The van der Waals surface area contributed by atoms with Gasteiger partial charge in [0.1, 0.15) is 0 Å². The lowest BCUT2D eigenvalue weighted by molar-refractivity contribution is -0.145. The zero-order valence-electron chi connectivity index (χ0n) is 17.8. The van der Waals surface area contributed by atoms with Crippen LogP contribution in [0.1, 0.15) is 23.6 Å². The van der Waals surface area contributed by atoms with Gasteiger partial charge in [-0.1, -0.05) is 47.7 Å². The summed E-state index contributed by atoms with van der Waals surface area (Å²) in [6.07, 6.45) is 1.76. The van der Waals surface area contributed by atoms with Crippen LogP contribution in [0.2, 0.25) is 0 Å². The molecule has 0 spiro atoms. The Bertz CT molecular complexity index is 1060. The molecule has 1 heterocycles. The second-order valence-corrected chi connectivity index (χ2v) is 8.49. The molecule has 1 fully saturated rings. The van der Waals surface area contributed by atoms with Gasteiger partial charge >= 0.3 is 5.97 Å². The highest BCUT2D eigenvalue weighted by molar-refractivity contribution is 8.27. The summed E-state index contributed by atoms with van der Waals surface area (Å²) in [5.74, 6) is 0.241. The predicted octanol–water partition coefficient (Wildman–Crippen LogP) is 4.66. The molecule has 0 aliphatic carbocycles. The number of anilines is 1. The number of esters is 1. The van der Waals surface area contributed by atoms with Gasteiger partial charge in [0.05, 0.1) is 24.3 Å². The minimum Gasteiger partial charge on any atom is -0.493 e. The van der Waals surface area contributed by atoms with Gasteiger partial charge in [0.2, 0.25) is 0 Å². The quantitative estimate of drug-likeness (QED) is 0.340. The van der Waals surface area contributed by atoms with Crippen LogP contribution >= 0.6 is 24.0 Å². The topological polar surface area (TPSA) is 65.1 Å². The van der Waals surface area contributed by atoms with Gasteiger partial charge < -0.3 is 14.2 Å². The Kier molecular flexibility index (Phi) is 7.35. The molecule has 0 saturated carbocycles. The minimum atomic E-state index is -0.455. The van der Waals surface area contributed by atoms with Gasteiger partial charge in [-0.05, 0) is 56.2 Å². The first-order chi connectivity index (χ1) is 14.8. The first-order valence-electron chi connectivity index (χ1n) is 9.65. The van der Waals surface area contributed by atoms with Gasteiger partial charge in [0.15, 0.2) is 22.4 Å². The van der Waals surface area contributed by atoms with Crippen LogP contribution in [0.4, 0.5) is 5.69 Å². The Balaban J connectivity index is 1.82. The maximum Gasteiger partial charge on any atom is 0.344 e. The van der Waals surface area contributed by atoms with E-state index in [0.717, 1.165) is 22.4 Å². The van der Waals surface area contributed by atoms with Gasteiger partial charge in [0.25, 0.3) is 5.91 Å². The van der Waals surface area contributed by atoms with Crippen LogP contribution in [0.25, 0.3) is 6.08 Å². The standard InChI is InChI=1S/C23H23NO5S2/c1-5-28-21(25)13-29-18-9-7-16(11-19(18)27-4)12-20-22(26)24(23(30)31-20)17-8-6-14(2)10-15(17)3/h6-12H,5,13H2,1-4H3. The summed E-state index contributed by atoms with van der Waals surface area (Å²) in [5.41, 5.74) is 3.65. The number of nitrogens with zero attached hydrogens (tertiary/aromatic N) is 1. The van der Waals surface area contributed by atoms with Crippen molar-refractivity contribution in [2.24, 2.45) is 0 Å². The van der Waals surface area contributed by atoms with Crippen LogP contribution in [0, 0.1) is 13.8 Å². The molecule has 2 aromatic carbocycles. The number of hydrogen-bond donors (Lipinski definition) is 0. The highest BCUT2D eigenvalue weighted by Crippen LogP contribution is 2.38. The molecule has 2 aromatic rings. The lowest BCUT2D eigenvalue weighted by Gasteiger charge is -2.17. The van der Waals surface area contributed by atoms with Crippen molar-refractivity contribution in [1.82, 2.24) is 0 Å². The van der Waals surface area contributed by atoms with Crippen LogP contribution in [-0.4, -0.2) is 36.5 Å². The number of amides is 1. The Labute approximate surface area is 191 Å². The number of methoxy groups -OCH3 is 1. The maximum absolute atomic E-state index is 13.1. The van der Waals surface area contributed by atoms with Gasteiger partial charge in [0, 0.05) is 0 Å². The van der Waals surface area contributed by atoms with E-state index in [1.54, 1.807) is 36.1 Å². The molecule has 0 atom stereocenters.